The van der Waals surface area contributed by atoms with Crippen LogP contribution in [0.1, 0.15) is 0 Å². The number of aromatic nitrogens is 1. The van der Waals surface area contributed by atoms with E-state index in [0.29, 0.717) is 0 Å². The fraction of sp³-hybridized carbons (Fsp3) is 0. The molecule has 19 heavy (non-hydrogen) atoms. The van der Waals surface area contributed by atoms with Crippen molar-refractivity contribution < 1.29 is 17.9 Å². The zero-order chi connectivity index (χ0) is 14.6. The summed E-state index contributed by atoms with van der Waals surface area (Å²) in [4.78, 5) is 0. The summed E-state index contributed by atoms with van der Waals surface area (Å²) in [5.41, 5.74) is 0. The zero-order valence-electron chi connectivity index (χ0n) is 9.01. The van der Waals surface area contributed by atoms with Gasteiger partial charge in [-0.25, -0.2) is 13.2 Å². The fourth-order valence-electron chi connectivity index (χ4n) is 0.961. The first-order valence-corrected chi connectivity index (χ1v) is 7.90. The fourth-order valence-corrected chi connectivity index (χ4v) is 4.13. The van der Waals surface area contributed by atoms with E-state index in [1.807, 2.05) is 0 Å². The lowest BCUT2D eigenvalue weighted by Crippen LogP contribution is -2.22. The molecule has 0 bridgehead atoms. The average Bonchev–Trinajstić information content (AvgIpc) is 2.42. The molecule has 0 saturated carbocycles. The van der Waals surface area contributed by atoms with E-state index in [-0.39, 0.29) is 10.7 Å². The second-order valence-corrected chi connectivity index (χ2v) is 6.36. The highest BCUT2D eigenvalue weighted by Crippen LogP contribution is 2.28. The van der Waals surface area contributed by atoms with Crippen molar-refractivity contribution in [1.29, 1.82) is 0 Å². The molecule has 0 unspecified atom stereocenters. The second-order valence-electron chi connectivity index (χ2n) is 3.12. The third-order valence-electron chi connectivity index (χ3n) is 1.84. The van der Waals surface area contributed by atoms with Crippen molar-refractivity contribution in [3.8, 4) is 0 Å². The predicted molar refractivity (Wildman–Crippen MR) is 89.9 cm³/mol. The smallest absolute Gasteiger partial charge is 0.180 e. The molecule has 0 fully saturated rings. The Morgan fingerprint density at radius 2 is 1.05 bits per heavy atom. The molecule has 2 aromatic rings. The summed E-state index contributed by atoms with van der Waals surface area (Å²) in [5.74, 6) is -2.48. The van der Waals surface area contributed by atoms with Crippen molar-refractivity contribution in [2.75, 3.05) is 0 Å². The number of benzene rings is 1. The topological polar surface area (TPSA) is 26.9 Å². The summed E-state index contributed by atoms with van der Waals surface area (Å²) in [6.07, 6.45) is 2.89. The molecule has 0 N–H and O–H groups in total. The number of hydrogen-bond acceptors (Lipinski definition) is 1. The molecule has 0 aliphatic rings. The zero-order valence-corrected chi connectivity index (χ0v) is 15.5. The van der Waals surface area contributed by atoms with Gasteiger partial charge in [0.05, 0.1) is 10.7 Å². The molecule has 8 heteroatoms. The first kappa shape index (κ1) is 17.2. The van der Waals surface area contributed by atoms with Crippen molar-refractivity contribution in [2.45, 2.75) is 0 Å². The third-order valence-corrected chi connectivity index (χ3v) is 4.69. The largest absolute Gasteiger partial charge is 0.619 e. The Bertz CT molecular complexity index is 476. The monoisotopic (exact) mass is 605 g/mol. The van der Waals surface area contributed by atoms with Crippen LogP contribution in [-0.2, 0) is 0 Å². The second kappa shape index (κ2) is 7.81. The van der Waals surface area contributed by atoms with Crippen LogP contribution in [0.25, 0.3) is 0 Å². The Kier molecular flexibility index (Phi) is 7.07. The molecule has 0 aliphatic carbocycles. The maximum Gasteiger partial charge on any atom is 0.180 e. The molecule has 1 heterocycles. The van der Waals surface area contributed by atoms with Crippen molar-refractivity contribution in [3.05, 3.63) is 64.0 Å². The summed E-state index contributed by atoms with van der Waals surface area (Å²) in [5, 5.41) is 10.2. The van der Waals surface area contributed by atoms with Crippen molar-refractivity contribution >= 4 is 67.8 Å². The highest BCUT2D eigenvalue weighted by molar-refractivity contribution is 14.1. The van der Waals surface area contributed by atoms with E-state index < -0.39 is 17.5 Å². The molecule has 0 saturated heterocycles. The number of halogens is 6. The van der Waals surface area contributed by atoms with Crippen LogP contribution >= 0.6 is 67.8 Å². The highest BCUT2D eigenvalue weighted by atomic mass is 127. The van der Waals surface area contributed by atoms with Crippen molar-refractivity contribution in [2.24, 2.45) is 0 Å². The molecule has 1 aromatic carbocycles. The molecule has 0 amide bonds. The maximum absolute atomic E-state index is 12.9. The number of pyridine rings is 1. The Morgan fingerprint density at radius 3 is 1.26 bits per heavy atom. The van der Waals surface area contributed by atoms with E-state index in [1.165, 1.54) is 80.2 Å². The van der Waals surface area contributed by atoms with Gasteiger partial charge in [0, 0.05) is 12.1 Å². The van der Waals surface area contributed by atoms with E-state index in [0.717, 1.165) is 4.73 Å². The Labute approximate surface area is 148 Å². The van der Waals surface area contributed by atoms with Crippen LogP contribution in [0.2, 0.25) is 0 Å². The minimum atomic E-state index is -0.827. The van der Waals surface area contributed by atoms with Crippen molar-refractivity contribution in [1.82, 2.24) is 0 Å². The minimum absolute atomic E-state index is 0.164. The van der Waals surface area contributed by atoms with Gasteiger partial charge in [-0.1, -0.05) is 6.07 Å². The number of nitrogens with zero attached hydrogens (tertiary/aromatic N) is 1. The van der Waals surface area contributed by atoms with E-state index in [9.17, 15) is 18.4 Å². The van der Waals surface area contributed by atoms with Gasteiger partial charge >= 0.3 is 0 Å². The molecule has 0 spiro atoms. The first-order chi connectivity index (χ1) is 8.86. The Balaban J connectivity index is 0.000000218. The average molecular weight is 605 g/mol. The standard InChI is InChI=1S/C6F3I3.C5H5NO/c7-1-4(10)2(8)6(12)3(9)5(1)11;7-6-4-2-1-3-5-6/h;1-5H. The normalized spacial score (nSPS) is 9.79. The molecule has 102 valence electrons. The van der Waals surface area contributed by atoms with Gasteiger partial charge in [0.2, 0.25) is 0 Å². The summed E-state index contributed by atoms with van der Waals surface area (Å²) in [6.45, 7) is 0. The summed E-state index contributed by atoms with van der Waals surface area (Å²) >= 11 is 4.53. The van der Waals surface area contributed by atoms with Gasteiger partial charge < -0.3 is 5.21 Å². The van der Waals surface area contributed by atoms with Gasteiger partial charge in [-0.3, -0.25) is 0 Å². The lowest BCUT2D eigenvalue weighted by atomic mass is 10.3. The summed E-state index contributed by atoms with van der Waals surface area (Å²) in [6, 6.07) is 5.18. The van der Waals surface area contributed by atoms with Gasteiger partial charge in [0.25, 0.3) is 0 Å². The molecule has 2 rings (SSSR count). The summed E-state index contributed by atoms with van der Waals surface area (Å²) < 4.78 is 39.1. The SMILES string of the molecule is Fc1c(I)c(F)c(I)c(F)c1I.[O-][n+]1ccccc1. The molecule has 2 nitrogen and oxygen atoms in total. The Hall–Kier alpha value is 0.150. The van der Waals surface area contributed by atoms with E-state index >= 15 is 0 Å². The van der Waals surface area contributed by atoms with Gasteiger partial charge in [0.1, 0.15) is 0 Å². The van der Waals surface area contributed by atoms with E-state index in [2.05, 4.69) is 0 Å². The van der Waals surface area contributed by atoms with Crippen LogP contribution in [0.4, 0.5) is 13.2 Å². The maximum atomic E-state index is 12.9. The van der Waals surface area contributed by atoms with Crippen molar-refractivity contribution in [3.63, 3.8) is 0 Å². The van der Waals surface area contributed by atoms with Gasteiger partial charge in [-0.05, 0) is 67.8 Å². The van der Waals surface area contributed by atoms with Crippen LogP contribution in [0.3, 0.4) is 0 Å². The highest BCUT2D eigenvalue weighted by Gasteiger charge is 2.19. The van der Waals surface area contributed by atoms with Gasteiger partial charge in [-0.2, -0.15) is 4.73 Å². The third kappa shape index (κ3) is 4.58. The Morgan fingerprint density at radius 1 is 0.737 bits per heavy atom. The lowest BCUT2D eigenvalue weighted by molar-refractivity contribution is -0.605. The van der Waals surface area contributed by atoms with Gasteiger partial charge in [-0.15, -0.1) is 0 Å². The number of hydrogen-bond donors (Lipinski definition) is 0. The van der Waals surface area contributed by atoms with Crippen LogP contribution in [-0.4, -0.2) is 0 Å². The summed E-state index contributed by atoms with van der Waals surface area (Å²) in [7, 11) is 0. The lowest BCUT2D eigenvalue weighted by Gasteiger charge is -2.03. The molecular weight excluding hydrogens is 600 g/mol. The predicted octanol–water partition coefficient (Wildman–Crippen LogP) is 4.24. The van der Waals surface area contributed by atoms with E-state index in [4.69, 9.17) is 0 Å². The molecule has 1 aromatic heterocycles. The molecular formula is C11H5F3I3NO. The first-order valence-electron chi connectivity index (χ1n) is 4.67. The molecule has 0 atom stereocenters. The van der Waals surface area contributed by atoms with E-state index in [1.54, 1.807) is 18.2 Å². The van der Waals surface area contributed by atoms with Crippen LogP contribution in [0, 0.1) is 33.4 Å². The molecule has 0 radical (unpaired) electrons. The van der Waals surface area contributed by atoms with Crippen LogP contribution in [0.5, 0.6) is 0 Å². The minimum Gasteiger partial charge on any atom is -0.619 e. The molecule has 0 aliphatic heterocycles. The van der Waals surface area contributed by atoms with Gasteiger partial charge in [0.15, 0.2) is 29.8 Å². The number of rotatable bonds is 0. The van der Waals surface area contributed by atoms with Crippen LogP contribution < -0.4 is 4.73 Å². The quantitative estimate of drug-likeness (QED) is 0.145. The van der Waals surface area contributed by atoms with Crippen LogP contribution in [0.15, 0.2) is 30.6 Å².